The van der Waals surface area contributed by atoms with E-state index in [9.17, 15) is 4.79 Å². The van der Waals surface area contributed by atoms with Crippen molar-refractivity contribution >= 4 is 12.2 Å². The summed E-state index contributed by atoms with van der Waals surface area (Å²) in [5.41, 5.74) is 15.4. The molecule has 0 aromatic rings. The summed E-state index contributed by atoms with van der Waals surface area (Å²) in [7, 11) is 0. The van der Waals surface area contributed by atoms with Gasteiger partial charge >= 0.3 is 0 Å². The van der Waals surface area contributed by atoms with Crippen molar-refractivity contribution in [2.45, 2.75) is 18.9 Å². The first-order valence-electron chi connectivity index (χ1n) is 3.35. The fraction of sp³-hybridized carbons (Fsp3) is 0.667. The fourth-order valence-corrected chi connectivity index (χ4v) is 0.578. The molecule has 0 bridgehead atoms. The van der Waals surface area contributed by atoms with E-state index < -0.39 is 6.04 Å². The molecule has 0 aliphatic heterocycles. The molecule has 5 nitrogen and oxygen atoms in total. The Balaban J connectivity index is 0. The summed E-state index contributed by atoms with van der Waals surface area (Å²) in [4.78, 5) is 13.6. The SMILES string of the molecule is NC(N)=NCCCC(N)[C-]=O.[Mn]. The maximum Gasteiger partial charge on any atom is 0.185 e. The molecule has 0 saturated carbocycles. The van der Waals surface area contributed by atoms with Crippen molar-refractivity contribution in [2.75, 3.05) is 6.54 Å². The second-order valence-corrected chi connectivity index (χ2v) is 2.17. The van der Waals surface area contributed by atoms with Crippen LogP contribution in [0.3, 0.4) is 0 Å². The van der Waals surface area contributed by atoms with Crippen LogP contribution >= 0.6 is 0 Å². The number of carbonyl (C=O) groups excluding carboxylic acids is 1. The van der Waals surface area contributed by atoms with Gasteiger partial charge in [-0.2, -0.15) is 0 Å². The van der Waals surface area contributed by atoms with E-state index in [4.69, 9.17) is 17.2 Å². The minimum atomic E-state index is -0.510. The van der Waals surface area contributed by atoms with E-state index in [1.54, 1.807) is 6.29 Å². The van der Waals surface area contributed by atoms with E-state index >= 15 is 0 Å². The van der Waals surface area contributed by atoms with Crippen molar-refractivity contribution < 1.29 is 21.9 Å². The zero-order valence-corrected chi connectivity index (χ0v) is 7.84. The average molecular weight is 212 g/mol. The Labute approximate surface area is 82.2 Å². The predicted molar refractivity (Wildman–Crippen MR) is 43.6 cm³/mol. The monoisotopic (exact) mass is 212 g/mol. The van der Waals surface area contributed by atoms with Crippen molar-refractivity contribution in [3.8, 4) is 0 Å². The van der Waals surface area contributed by atoms with Crippen LogP contribution in [0.1, 0.15) is 12.8 Å². The third-order valence-corrected chi connectivity index (χ3v) is 1.12. The first kappa shape index (κ1) is 14.0. The molecule has 0 aromatic carbocycles. The first-order chi connectivity index (χ1) is 5.16. The predicted octanol–water partition coefficient (Wildman–Crippen LogP) is -1.53. The molecule has 71 valence electrons. The zero-order valence-electron chi connectivity index (χ0n) is 6.66. The molecule has 0 saturated heterocycles. The van der Waals surface area contributed by atoms with Gasteiger partial charge in [0, 0.05) is 23.6 Å². The van der Waals surface area contributed by atoms with E-state index in [0.29, 0.717) is 19.4 Å². The van der Waals surface area contributed by atoms with Gasteiger partial charge in [0.05, 0.1) is 0 Å². The molecule has 12 heavy (non-hydrogen) atoms. The van der Waals surface area contributed by atoms with Gasteiger partial charge in [-0.1, -0.05) is 12.5 Å². The molecule has 1 radical (unpaired) electrons. The van der Waals surface area contributed by atoms with E-state index in [1.807, 2.05) is 0 Å². The third-order valence-electron chi connectivity index (χ3n) is 1.12. The molecule has 0 aliphatic rings. The van der Waals surface area contributed by atoms with Crippen LogP contribution in [0.2, 0.25) is 0 Å². The van der Waals surface area contributed by atoms with E-state index in [0.717, 1.165) is 0 Å². The summed E-state index contributed by atoms with van der Waals surface area (Å²) < 4.78 is 0. The van der Waals surface area contributed by atoms with Crippen LogP contribution in [0.5, 0.6) is 0 Å². The summed E-state index contributed by atoms with van der Waals surface area (Å²) in [6.07, 6.45) is 2.94. The summed E-state index contributed by atoms with van der Waals surface area (Å²) >= 11 is 0. The smallest absolute Gasteiger partial charge is 0.185 e. The molecular formula is C6H13MnN4O-. The molecule has 1 atom stereocenters. The Morgan fingerprint density at radius 3 is 2.50 bits per heavy atom. The summed E-state index contributed by atoms with van der Waals surface area (Å²) in [5, 5.41) is 0. The Morgan fingerprint density at radius 1 is 1.50 bits per heavy atom. The number of nitrogens with zero attached hydrogens (tertiary/aromatic N) is 1. The molecular weight excluding hydrogens is 199 g/mol. The van der Waals surface area contributed by atoms with Crippen LogP contribution in [0.15, 0.2) is 4.99 Å². The molecule has 1 unspecified atom stereocenters. The quantitative estimate of drug-likeness (QED) is 0.169. The van der Waals surface area contributed by atoms with Crippen molar-refractivity contribution in [2.24, 2.45) is 22.2 Å². The number of aliphatic imine (C=N–C) groups is 1. The number of rotatable bonds is 5. The van der Waals surface area contributed by atoms with Gasteiger partial charge in [-0.3, -0.25) is 4.99 Å². The van der Waals surface area contributed by atoms with Crippen LogP contribution in [-0.4, -0.2) is 24.8 Å². The largest absolute Gasteiger partial charge is 0.540 e. The molecule has 0 aromatic heterocycles. The Bertz CT molecular complexity index is 146. The molecule has 0 aliphatic carbocycles. The fourth-order valence-electron chi connectivity index (χ4n) is 0.578. The average Bonchev–Trinajstić information content (AvgIpc) is 1.97. The van der Waals surface area contributed by atoms with E-state index in [1.165, 1.54) is 0 Å². The zero-order chi connectivity index (χ0) is 8.69. The van der Waals surface area contributed by atoms with Crippen LogP contribution in [0.25, 0.3) is 0 Å². The minimum Gasteiger partial charge on any atom is -0.540 e. The molecule has 0 amide bonds. The van der Waals surface area contributed by atoms with Gasteiger partial charge in [-0.25, -0.2) is 6.29 Å². The van der Waals surface area contributed by atoms with Gasteiger partial charge < -0.3 is 22.0 Å². The number of hydrogen-bond donors (Lipinski definition) is 3. The second-order valence-electron chi connectivity index (χ2n) is 2.17. The molecule has 6 N–H and O–H groups in total. The maximum atomic E-state index is 9.90. The van der Waals surface area contributed by atoms with Crippen LogP contribution < -0.4 is 17.2 Å². The van der Waals surface area contributed by atoms with Gasteiger partial charge in [0.25, 0.3) is 0 Å². The van der Waals surface area contributed by atoms with Gasteiger partial charge in [0.1, 0.15) is 0 Å². The Morgan fingerprint density at radius 2 is 2.08 bits per heavy atom. The number of nitrogens with two attached hydrogens (primary N) is 3. The van der Waals surface area contributed by atoms with Gasteiger partial charge in [-0.15, -0.1) is 0 Å². The maximum absolute atomic E-state index is 9.90. The molecule has 6 heteroatoms. The minimum absolute atomic E-state index is 0. The number of hydrogen-bond acceptors (Lipinski definition) is 3. The Kier molecular flexibility index (Phi) is 9.92. The van der Waals surface area contributed by atoms with Crippen molar-refractivity contribution in [3.05, 3.63) is 0 Å². The van der Waals surface area contributed by atoms with Crippen molar-refractivity contribution in [1.82, 2.24) is 0 Å². The molecule has 0 heterocycles. The van der Waals surface area contributed by atoms with Crippen molar-refractivity contribution in [1.29, 1.82) is 0 Å². The first-order valence-corrected chi connectivity index (χ1v) is 3.35. The van der Waals surface area contributed by atoms with Crippen LogP contribution in [0.4, 0.5) is 0 Å². The summed E-state index contributed by atoms with van der Waals surface area (Å²) in [6.45, 7) is 0.512. The molecule has 0 spiro atoms. The van der Waals surface area contributed by atoms with Crippen molar-refractivity contribution in [3.63, 3.8) is 0 Å². The standard InChI is InChI=1S/C6H13N4O.Mn/c7-5(4-11)2-1-3-10-6(8)9;/h5H,1-3,7H2,(H4,8,9,10);/q-1;. The summed E-state index contributed by atoms with van der Waals surface area (Å²) in [6, 6.07) is -0.510. The summed E-state index contributed by atoms with van der Waals surface area (Å²) in [5.74, 6) is 0.0636. The van der Waals surface area contributed by atoms with E-state index in [-0.39, 0.29) is 23.0 Å². The topological polar surface area (TPSA) is 107 Å². The normalized spacial score (nSPS) is 11.1. The van der Waals surface area contributed by atoms with E-state index in [2.05, 4.69) is 4.99 Å². The third kappa shape index (κ3) is 9.42. The molecule has 0 fully saturated rings. The van der Waals surface area contributed by atoms with Gasteiger partial charge in [0.15, 0.2) is 5.96 Å². The van der Waals surface area contributed by atoms with Gasteiger partial charge in [-0.05, 0) is 6.42 Å². The number of guanidine groups is 1. The van der Waals surface area contributed by atoms with Crippen LogP contribution in [-0.2, 0) is 21.9 Å². The Hall–Kier alpha value is -0.581. The molecule has 0 rings (SSSR count). The van der Waals surface area contributed by atoms with Crippen LogP contribution in [0, 0.1) is 0 Å². The van der Waals surface area contributed by atoms with Gasteiger partial charge in [0.2, 0.25) is 0 Å². The second kappa shape index (κ2) is 8.52.